The predicted molar refractivity (Wildman–Crippen MR) is 53.6 cm³/mol. The Bertz CT molecular complexity index is 190. The summed E-state index contributed by atoms with van der Waals surface area (Å²) in [5.41, 5.74) is 1.77. The van der Waals surface area contributed by atoms with Crippen molar-refractivity contribution >= 4 is 39.0 Å². The van der Waals surface area contributed by atoms with Crippen LogP contribution in [0.25, 0.3) is 0 Å². The molecule has 0 radical (unpaired) electrons. The van der Waals surface area contributed by atoms with Crippen LogP contribution in [-0.2, 0) is 0 Å². The van der Waals surface area contributed by atoms with Gasteiger partial charge in [0.25, 0.3) is 0 Å². The van der Waals surface area contributed by atoms with Gasteiger partial charge in [0.05, 0.1) is 0 Å². The second-order valence-electron chi connectivity index (χ2n) is 2.28. The van der Waals surface area contributed by atoms with E-state index in [1.54, 1.807) is 28.6 Å². The molecule has 0 fully saturated rings. The zero-order chi connectivity index (χ0) is 8.10. The van der Waals surface area contributed by atoms with Crippen LogP contribution in [0, 0.1) is 5.92 Å². The molecule has 0 saturated heterocycles. The molecule has 0 bridgehead atoms. The molecule has 0 aliphatic heterocycles. The summed E-state index contributed by atoms with van der Waals surface area (Å²) in [5, 5.41) is 8.75. The minimum atomic E-state index is 0.698. The van der Waals surface area contributed by atoms with Crippen molar-refractivity contribution in [2.45, 2.75) is 11.3 Å². The first-order chi connectivity index (χ1) is 5.33. The number of nitrogens with zero attached hydrogens (tertiary/aromatic N) is 2. The molecule has 0 amide bonds. The highest BCUT2D eigenvalue weighted by Gasteiger charge is 2.02. The van der Waals surface area contributed by atoms with Crippen LogP contribution in [0.4, 0.5) is 0 Å². The Hall–Kier alpha value is 0.390. The lowest BCUT2D eigenvalue weighted by Gasteiger charge is -2.02. The third kappa shape index (κ3) is 3.53. The molecular formula is C6H9BrN2S2. The van der Waals surface area contributed by atoms with Gasteiger partial charge < -0.3 is 0 Å². The number of hydrogen-bond donors (Lipinski definition) is 0. The van der Waals surface area contributed by atoms with Crippen LogP contribution in [0.1, 0.15) is 6.92 Å². The molecule has 1 aromatic rings. The summed E-state index contributed by atoms with van der Waals surface area (Å²) in [6.45, 7) is 2.21. The Balaban J connectivity index is 2.23. The molecule has 62 valence electrons. The quantitative estimate of drug-likeness (QED) is 0.609. The summed E-state index contributed by atoms with van der Waals surface area (Å²) in [6, 6.07) is 0. The third-order valence-corrected chi connectivity index (χ3v) is 4.39. The molecule has 0 aromatic carbocycles. The number of hydrogen-bond acceptors (Lipinski definition) is 4. The first-order valence-corrected chi connectivity index (χ1v) is 6.26. The summed E-state index contributed by atoms with van der Waals surface area (Å²) in [7, 11) is 0. The Labute approximate surface area is 82.9 Å². The van der Waals surface area contributed by atoms with Crippen LogP contribution >= 0.6 is 39.0 Å². The van der Waals surface area contributed by atoms with Gasteiger partial charge in [-0.25, -0.2) is 0 Å². The standard InChI is InChI=1S/C6H9BrN2S2/c1-5(2-7)3-10-6-9-8-4-11-6/h4-5H,2-3H2,1H3. The van der Waals surface area contributed by atoms with Gasteiger partial charge in [-0.15, -0.1) is 10.2 Å². The summed E-state index contributed by atoms with van der Waals surface area (Å²) >= 11 is 6.81. The molecule has 1 aromatic heterocycles. The van der Waals surface area contributed by atoms with Gasteiger partial charge in [0.1, 0.15) is 5.51 Å². The monoisotopic (exact) mass is 252 g/mol. The number of alkyl halides is 1. The number of rotatable bonds is 4. The maximum absolute atomic E-state index is 3.94. The molecular weight excluding hydrogens is 244 g/mol. The summed E-state index contributed by atoms with van der Waals surface area (Å²) in [5.74, 6) is 1.81. The van der Waals surface area contributed by atoms with E-state index in [1.807, 2.05) is 0 Å². The van der Waals surface area contributed by atoms with E-state index >= 15 is 0 Å². The molecule has 1 heterocycles. The Kier molecular flexibility index (Phi) is 4.40. The maximum Gasteiger partial charge on any atom is 0.174 e. The highest BCUT2D eigenvalue weighted by atomic mass is 79.9. The van der Waals surface area contributed by atoms with E-state index < -0.39 is 0 Å². The first-order valence-electron chi connectivity index (χ1n) is 3.28. The third-order valence-electron chi connectivity index (χ3n) is 1.09. The van der Waals surface area contributed by atoms with E-state index in [1.165, 1.54) is 0 Å². The van der Waals surface area contributed by atoms with Crippen molar-refractivity contribution in [3.63, 3.8) is 0 Å². The largest absolute Gasteiger partial charge is 0.174 e. The fourth-order valence-corrected chi connectivity index (χ4v) is 2.55. The van der Waals surface area contributed by atoms with Gasteiger partial charge in [0.2, 0.25) is 0 Å². The fourth-order valence-electron chi connectivity index (χ4n) is 0.484. The molecule has 5 heteroatoms. The van der Waals surface area contributed by atoms with Gasteiger partial charge in [0, 0.05) is 11.1 Å². The van der Waals surface area contributed by atoms with Crippen molar-refractivity contribution in [1.29, 1.82) is 0 Å². The second kappa shape index (κ2) is 5.11. The van der Waals surface area contributed by atoms with E-state index in [0.717, 1.165) is 15.4 Å². The average Bonchev–Trinajstić information content (AvgIpc) is 2.52. The number of halogens is 1. The van der Waals surface area contributed by atoms with Gasteiger partial charge >= 0.3 is 0 Å². The van der Waals surface area contributed by atoms with Crippen LogP contribution in [0.2, 0.25) is 0 Å². The molecule has 2 nitrogen and oxygen atoms in total. The minimum Gasteiger partial charge on any atom is -0.146 e. The zero-order valence-electron chi connectivity index (χ0n) is 6.16. The van der Waals surface area contributed by atoms with Crippen LogP contribution in [0.5, 0.6) is 0 Å². The molecule has 1 rings (SSSR count). The first kappa shape index (κ1) is 9.48. The van der Waals surface area contributed by atoms with Gasteiger partial charge in [0.15, 0.2) is 4.34 Å². The van der Waals surface area contributed by atoms with Gasteiger partial charge in [-0.3, -0.25) is 0 Å². The fraction of sp³-hybridized carbons (Fsp3) is 0.667. The average molecular weight is 253 g/mol. The van der Waals surface area contributed by atoms with Crippen molar-refractivity contribution in [2.75, 3.05) is 11.1 Å². The van der Waals surface area contributed by atoms with E-state index in [-0.39, 0.29) is 0 Å². The topological polar surface area (TPSA) is 25.8 Å². The van der Waals surface area contributed by atoms with E-state index in [9.17, 15) is 0 Å². The maximum atomic E-state index is 3.94. The van der Waals surface area contributed by atoms with Gasteiger partial charge in [-0.1, -0.05) is 46.0 Å². The molecule has 0 aliphatic carbocycles. The van der Waals surface area contributed by atoms with Crippen LogP contribution in [0.3, 0.4) is 0 Å². The lowest BCUT2D eigenvalue weighted by molar-refractivity contribution is 0.769. The summed E-state index contributed by atoms with van der Waals surface area (Å²) in [4.78, 5) is 0. The Morgan fingerprint density at radius 1 is 1.82 bits per heavy atom. The minimum absolute atomic E-state index is 0.698. The SMILES string of the molecule is CC(CBr)CSc1nncs1. The Morgan fingerprint density at radius 3 is 3.18 bits per heavy atom. The van der Waals surface area contributed by atoms with Crippen LogP contribution in [0.15, 0.2) is 9.85 Å². The Morgan fingerprint density at radius 2 is 2.64 bits per heavy atom. The molecule has 0 spiro atoms. The summed E-state index contributed by atoms with van der Waals surface area (Å²) < 4.78 is 1.07. The van der Waals surface area contributed by atoms with E-state index in [4.69, 9.17) is 0 Å². The molecule has 11 heavy (non-hydrogen) atoms. The second-order valence-corrected chi connectivity index (χ2v) is 5.02. The molecule has 0 saturated carbocycles. The molecule has 0 aliphatic rings. The number of thioether (sulfide) groups is 1. The van der Waals surface area contributed by atoms with Crippen molar-refractivity contribution in [1.82, 2.24) is 10.2 Å². The van der Waals surface area contributed by atoms with Gasteiger partial charge in [-0.05, 0) is 5.92 Å². The van der Waals surface area contributed by atoms with Crippen molar-refractivity contribution in [3.05, 3.63) is 5.51 Å². The zero-order valence-corrected chi connectivity index (χ0v) is 9.38. The van der Waals surface area contributed by atoms with Crippen molar-refractivity contribution < 1.29 is 0 Å². The lowest BCUT2D eigenvalue weighted by atomic mass is 10.3. The van der Waals surface area contributed by atoms with Crippen LogP contribution < -0.4 is 0 Å². The van der Waals surface area contributed by atoms with E-state index in [0.29, 0.717) is 5.92 Å². The van der Waals surface area contributed by atoms with Crippen LogP contribution in [-0.4, -0.2) is 21.3 Å². The van der Waals surface area contributed by atoms with E-state index in [2.05, 4.69) is 33.1 Å². The molecule has 1 atom stereocenters. The lowest BCUT2D eigenvalue weighted by Crippen LogP contribution is -1.98. The number of aromatic nitrogens is 2. The highest BCUT2D eigenvalue weighted by molar-refractivity contribution is 9.09. The molecule has 0 N–H and O–H groups in total. The molecule has 1 unspecified atom stereocenters. The smallest absolute Gasteiger partial charge is 0.146 e. The predicted octanol–water partition coefficient (Wildman–Crippen LogP) is 2.66. The highest BCUT2D eigenvalue weighted by Crippen LogP contribution is 2.21. The van der Waals surface area contributed by atoms with Crippen molar-refractivity contribution in [2.24, 2.45) is 5.92 Å². The van der Waals surface area contributed by atoms with Gasteiger partial charge in [-0.2, -0.15) is 0 Å². The normalized spacial score (nSPS) is 13.3. The van der Waals surface area contributed by atoms with Crippen molar-refractivity contribution in [3.8, 4) is 0 Å². The summed E-state index contributed by atoms with van der Waals surface area (Å²) in [6.07, 6.45) is 0.